The van der Waals surface area contributed by atoms with Crippen LogP contribution in [0.3, 0.4) is 0 Å². The van der Waals surface area contributed by atoms with Gasteiger partial charge in [-0.1, -0.05) is 23.2 Å². The lowest BCUT2D eigenvalue weighted by Gasteiger charge is -1.97. The minimum Gasteiger partial charge on any atom is -0.303 e. The number of pyridine rings is 1. The van der Waals surface area contributed by atoms with E-state index >= 15 is 0 Å². The minimum absolute atomic E-state index is 0.230. The molecule has 0 N–H and O–H groups in total. The second-order valence-corrected chi connectivity index (χ2v) is 3.59. The molecule has 2 aromatic rings. The zero-order chi connectivity index (χ0) is 10.1. The molecule has 0 fully saturated rings. The van der Waals surface area contributed by atoms with Crippen LogP contribution in [-0.2, 0) is 11.2 Å². The fraction of sp³-hybridized carbons (Fsp3) is 0.111. The van der Waals surface area contributed by atoms with Gasteiger partial charge >= 0.3 is 0 Å². The SMILES string of the molecule is O=CCc1nc(Cl)c2ccc(Cl)cn12. The maximum Gasteiger partial charge on any atom is 0.155 e. The number of rotatable bonds is 2. The Kier molecular flexibility index (Phi) is 2.44. The molecule has 0 amide bonds. The third kappa shape index (κ3) is 1.49. The lowest BCUT2D eigenvalue weighted by atomic mass is 10.4. The Bertz CT molecular complexity index is 493. The molecule has 0 radical (unpaired) electrons. The molecule has 0 aliphatic rings. The van der Waals surface area contributed by atoms with E-state index in [9.17, 15) is 4.79 Å². The smallest absolute Gasteiger partial charge is 0.155 e. The first kappa shape index (κ1) is 9.49. The molecule has 14 heavy (non-hydrogen) atoms. The molecule has 2 rings (SSSR count). The Morgan fingerprint density at radius 1 is 1.43 bits per heavy atom. The van der Waals surface area contributed by atoms with E-state index in [1.165, 1.54) is 0 Å². The number of hydrogen-bond donors (Lipinski definition) is 0. The average molecular weight is 229 g/mol. The summed E-state index contributed by atoms with van der Waals surface area (Å²) < 4.78 is 1.72. The van der Waals surface area contributed by atoms with Crippen molar-refractivity contribution in [3.05, 3.63) is 34.3 Å². The summed E-state index contributed by atoms with van der Waals surface area (Å²) in [5.41, 5.74) is 0.757. The predicted molar refractivity (Wildman–Crippen MR) is 55.0 cm³/mol. The summed E-state index contributed by atoms with van der Waals surface area (Å²) in [5.74, 6) is 0.600. The Labute approximate surface area is 90.3 Å². The van der Waals surface area contributed by atoms with Gasteiger partial charge in [0.1, 0.15) is 12.1 Å². The standard InChI is InChI=1S/C9H6Cl2N2O/c10-6-1-2-7-9(11)12-8(3-4-14)13(7)5-6/h1-2,4-5H,3H2. The molecule has 72 valence electrons. The van der Waals surface area contributed by atoms with Crippen LogP contribution in [0.5, 0.6) is 0 Å². The third-order valence-corrected chi connectivity index (χ3v) is 2.40. The van der Waals surface area contributed by atoms with Gasteiger partial charge < -0.3 is 9.20 Å². The fourth-order valence-corrected chi connectivity index (χ4v) is 1.71. The van der Waals surface area contributed by atoms with Crippen LogP contribution in [0.2, 0.25) is 10.2 Å². The number of halogens is 2. The second kappa shape index (κ2) is 3.59. The first-order chi connectivity index (χ1) is 6.72. The zero-order valence-corrected chi connectivity index (χ0v) is 8.59. The van der Waals surface area contributed by atoms with Crippen molar-refractivity contribution in [3.8, 4) is 0 Å². The Hall–Kier alpha value is -1.06. The van der Waals surface area contributed by atoms with Gasteiger partial charge in [-0.3, -0.25) is 0 Å². The summed E-state index contributed by atoms with van der Waals surface area (Å²) in [5, 5.41) is 0.970. The van der Waals surface area contributed by atoms with Gasteiger partial charge in [-0.25, -0.2) is 4.98 Å². The van der Waals surface area contributed by atoms with E-state index in [4.69, 9.17) is 23.2 Å². The fourth-order valence-electron chi connectivity index (χ4n) is 1.30. The molecule has 0 aliphatic heterocycles. The predicted octanol–water partition coefficient (Wildman–Crippen LogP) is 2.38. The molecule has 0 aromatic carbocycles. The van der Waals surface area contributed by atoms with Crippen molar-refractivity contribution in [1.29, 1.82) is 0 Å². The van der Waals surface area contributed by atoms with Gasteiger partial charge in [0, 0.05) is 6.20 Å². The summed E-state index contributed by atoms with van der Waals surface area (Å²) in [6, 6.07) is 3.50. The number of fused-ring (bicyclic) bond motifs is 1. The molecule has 0 spiro atoms. The molecule has 0 bridgehead atoms. The molecule has 2 aromatic heterocycles. The van der Waals surface area contributed by atoms with Crippen LogP contribution in [0, 0.1) is 0 Å². The van der Waals surface area contributed by atoms with Crippen LogP contribution in [0.4, 0.5) is 0 Å². The highest BCUT2D eigenvalue weighted by molar-refractivity contribution is 6.33. The van der Waals surface area contributed by atoms with Crippen LogP contribution in [0.1, 0.15) is 5.82 Å². The van der Waals surface area contributed by atoms with E-state index in [1.807, 2.05) is 0 Å². The number of hydrogen-bond acceptors (Lipinski definition) is 2. The van der Waals surface area contributed by atoms with E-state index in [2.05, 4.69) is 4.98 Å². The Balaban J connectivity index is 2.72. The quantitative estimate of drug-likeness (QED) is 0.741. The van der Waals surface area contributed by atoms with Gasteiger partial charge in [0.15, 0.2) is 5.15 Å². The summed E-state index contributed by atoms with van der Waals surface area (Å²) in [4.78, 5) is 14.4. The number of aldehydes is 1. The summed E-state index contributed by atoms with van der Waals surface area (Å²) >= 11 is 11.7. The molecule has 0 unspecified atom stereocenters. The largest absolute Gasteiger partial charge is 0.303 e. The van der Waals surface area contributed by atoms with Crippen molar-refractivity contribution in [3.63, 3.8) is 0 Å². The lowest BCUT2D eigenvalue weighted by Crippen LogP contribution is -1.94. The van der Waals surface area contributed by atoms with Crippen LogP contribution in [0.25, 0.3) is 5.52 Å². The normalized spacial score (nSPS) is 10.7. The summed E-state index contributed by atoms with van der Waals surface area (Å²) in [6.45, 7) is 0. The van der Waals surface area contributed by atoms with Gasteiger partial charge in [-0.2, -0.15) is 0 Å². The molecule has 0 saturated carbocycles. The molecule has 3 nitrogen and oxygen atoms in total. The topological polar surface area (TPSA) is 34.4 Å². The monoisotopic (exact) mass is 228 g/mol. The zero-order valence-electron chi connectivity index (χ0n) is 7.08. The highest BCUT2D eigenvalue weighted by atomic mass is 35.5. The molecule has 0 atom stereocenters. The first-order valence-electron chi connectivity index (χ1n) is 3.98. The number of carbonyl (C=O) groups excluding carboxylic acids is 1. The average Bonchev–Trinajstić information content (AvgIpc) is 2.44. The molecular formula is C9H6Cl2N2O. The molecular weight excluding hydrogens is 223 g/mol. The minimum atomic E-state index is 0.230. The second-order valence-electron chi connectivity index (χ2n) is 2.79. The highest BCUT2D eigenvalue weighted by Crippen LogP contribution is 2.20. The maximum absolute atomic E-state index is 10.4. The van der Waals surface area contributed by atoms with Gasteiger partial charge in [-0.15, -0.1) is 0 Å². The van der Waals surface area contributed by atoms with Crippen molar-refractivity contribution in [2.24, 2.45) is 0 Å². The maximum atomic E-state index is 10.4. The van der Waals surface area contributed by atoms with Crippen LogP contribution in [0.15, 0.2) is 18.3 Å². The van der Waals surface area contributed by atoms with Crippen molar-refractivity contribution < 1.29 is 4.79 Å². The Morgan fingerprint density at radius 3 is 2.93 bits per heavy atom. The van der Waals surface area contributed by atoms with E-state index in [1.54, 1.807) is 22.7 Å². The van der Waals surface area contributed by atoms with Crippen LogP contribution < -0.4 is 0 Å². The van der Waals surface area contributed by atoms with Gasteiger partial charge in [0.05, 0.1) is 17.0 Å². The third-order valence-electron chi connectivity index (χ3n) is 1.89. The van der Waals surface area contributed by atoms with Crippen LogP contribution >= 0.6 is 23.2 Å². The lowest BCUT2D eigenvalue weighted by molar-refractivity contribution is -0.107. The number of carbonyl (C=O) groups is 1. The van der Waals surface area contributed by atoms with E-state index in [-0.39, 0.29) is 6.42 Å². The van der Waals surface area contributed by atoms with E-state index in [0.29, 0.717) is 16.0 Å². The number of imidazole rings is 1. The summed E-state index contributed by atoms with van der Waals surface area (Å²) in [6.07, 6.45) is 2.70. The summed E-state index contributed by atoms with van der Waals surface area (Å²) in [7, 11) is 0. The van der Waals surface area contributed by atoms with Gasteiger partial charge in [-0.05, 0) is 12.1 Å². The van der Waals surface area contributed by atoms with Crippen molar-refractivity contribution in [1.82, 2.24) is 9.38 Å². The van der Waals surface area contributed by atoms with E-state index < -0.39 is 0 Å². The highest BCUT2D eigenvalue weighted by Gasteiger charge is 2.08. The molecule has 0 aliphatic carbocycles. The van der Waals surface area contributed by atoms with Crippen molar-refractivity contribution >= 4 is 35.0 Å². The number of aromatic nitrogens is 2. The first-order valence-corrected chi connectivity index (χ1v) is 4.73. The van der Waals surface area contributed by atoms with E-state index in [0.717, 1.165) is 11.8 Å². The van der Waals surface area contributed by atoms with Gasteiger partial charge in [0.25, 0.3) is 0 Å². The van der Waals surface area contributed by atoms with Crippen molar-refractivity contribution in [2.45, 2.75) is 6.42 Å². The molecule has 2 heterocycles. The van der Waals surface area contributed by atoms with Crippen LogP contribution in [-0.4, -0.2) is 15.7 Å². The molecule has 5 heteroatoms. The van der Waals surface area contributed by atoms with Crippen molar-refractivity contribution in [2.75, 3.05) is 0 Å². The molecule has 0 saturated heterocycles. The Morgan fingerprint density at radius 2 is 2.21 bits per heavy atom. The van der Waals surface area contributed by atoms with Gasteiger partial charge in [0.2, 0.25) is 0 Å². The number of nitrogens with zero attached hydrogens (tertiary/aromatic N) is 2.